The zero-order valence-corrected chi connectivity index (χ0v) is 13.8. The maximum absolute atomic E-state index is 4.26. The average molecular weight is 315 g/mol. The molecule has 3 nitrogen and oxygen atoms in total. The van der Waals surface area contributed by atoms with Crippen LogP contribution in [0.15, 0.2) is 91.2 Å². The topological polar surface area (TPSA) is 22.8 Å². The van der Waals surface area contributed by atoms with Gasteiger partial charge in [-0.15, -0.1) is 0 Å². The minimum absolute atomic E-state index is 0.224. The Labute approximate surface area is 142 Å². The Balaban J connectivity index is 1.74. The molecule has 120 valence electrons. The summed E-state index contributed by atoms with van der Waals surface area (Å²) in [6.45, 7) is 3.10. The summed E-state index contributed by atoms with van der Waals surface area (Å²) in [7, 11) is 0. The van der Waals surface area contributed by atoms with Crippen molar-refractivity contribution in [1.29, 1.82) is 0 Å². The Kier molecular flexibility index (Phi) is 3.91. The molecule has 1 aromatic carbocycles. The van der Waals surface area contributed by atoms with Crippen molar-refractivity contribution < 1.29 is 0 Å². The number of hydrogen-bond acceptors (Lipinski definition) is 1. The maximum atomic E-state index is 4.26. The molecule has 0 spiro atoms. The molecule has 1 aliphatic carbocycles. The number of allylic oxidation sites excluding steroid dienone is 6. The van der Waals surface area contributed by atoms with Crippen molar-refractivity contribution in [3.8, 4) is 0 Å². The van der Waals surface area contributed by atoms with Crippen molar-refractivity contribution in [3.05, 3.63) is 91.2 Å². The fraction of sp³-hybridized carbons (Fsp3) is 0.190. The van der Waals surface area contributed by atoms with E-state index in [0.29, 0.717) is 5.92 Å². The fourth-order valence-electron chi connectivity index (χ4n) is 3.35. The van der Waals surface area contributed by atoms with Crippen molar-refractivity contribution in [3.63, 3.8) is 0 Å². The van der Waals surface area contributed by atoms with Crippen LogP contribution in [0.3, 0.4) is 0 Å². The number of aromatic nitrogens is 3. The molecule has 2 aromatic heterocycles. The highest BCUT2D eigenvalue weighted by Gasteiger charge is 2.17. The molecule has 0 bridgehead atoms. The zero-order valence-electron chi connectivity index (χ0n) is 13.8. The van der Waals surface area contributed by atoms with E-state index >= 15 is 0 Å². The van der Waals surface area contributed by atoms with E-state index in [1.165, 1.54) is 16.5 Å². The summed E-state index contributed by atoms with van der Waals surface area (Å²) in [6.07, 6.45) is 19.0. The summed E-state index contributed by atoms with van der Waals surface area (Å²) in [5.74, 6) is 0.433. The number of fused-ring (bicyclic) bond motifs is 1. The first kappa shape index (κ1) is 14.8. The van der Waals surface area contributed by atoms with Crippen molar-refractivity contribution in [1.82, 2.24) is 14.1 Å². The lowest BCUT2D eigenvalue weighted by Gasteiger charge is -2.22. The molecule has 3 aromatic rings. The molecule has 3 heteroatoms. The van der Waals surface area contributed by atoms with E-state index in [4.69, 9.17) is 0 Å². The first-order chi connectivity index (χ1) is 11.8. The van der Waals surface area contributed by atoms with Crippen molar-refractivity contribution in [2.75, 3.05) is 0 Å². The van der Waals surface area contributed by atoms with Crippen LogP contribution in [0.4, 0.5) is 0 Å². The van der Waals surface area contributed by atoms with Gasteiger partial charge in [0.2, 0.25) is 0 Å². The summed E-state index contributed by atoms with van der Waals surface area (Å²) >= 11 is 0. The minimum atomic E-state index is 0.224. The lowest BCUT2D eigenvalue weighted by atomic mass is 10.0. The van der Waals surface area contributed by atoms with E-state index in [9.17, 15) is 0 Å². The lowest BCUT2D eigenvalue weighted by Crippen LogP contribution is -2.16. The lowest BCUT2D eigenvalue weighted by molar-refractivity contribution is 0.499. The Hall–Kier alpha value is -2.81. The quantitative estimate of drug-likeness (QED) is 0.680. The van der Waals surface area contributed by atoms with E-state index in [1.54, 1.807) is 0 Å². The molecule has 2 atom stereocenters. The van der Waals surface area contributed by atoms with Gasteiger partial charge in [-0.1, -0.05) is 55.5 Å². The van der Waals surface area contributed by atoms with Crippen LogP contribution in [-0.2, 0) is 6.54 Å². The van der Waals surface area contributed by atoms with Crippen LogP contribution in [0.25, 0.3) is 10.9 Å². The fourth-order valence-corrected chi connectivity index (χ4v) is 3.35. The first-order valence-corrected chi connectivity index (χ1v) is 8.39. The third-order valence-electron chi connectivity index (χ3n) is 4.59. The van der Waals surface area contributed by atoms with Gasteiger partial charge in [-0.3, -0.25) is 0 Å². The van der Waals surface area contributed by atoms with Crippen LogP contribution in [-0.4, -0.2) is 14.1 Å². The molecule has 2 unspecified atom stereocenters. The number of benzene rings is 1. The van der Waals surface area contributed by atoms with Crippen molar-refractivity contribution in [2.24, 2.45) is 5.92 Å². The van der Waals surface area contributed by atoms with Crippen molar-refractivity contribution in [2.45, 2.75) is 19.5 Å². The van der Waals surface area contributed by atoms with E-state index in [1.807, 2.05) is 18.7 Å². The third kappa shape index (κ3) is 2.85. The first-order valence-electron chi connectivity index (χ1n) is 8.39. The molecule has 2 heterocycles. The van der Waals surface area contributed by atoms with Crippen LogP contribution in [0, 0.1) is 5.92 Å². The summed E-state index contributed by atoms with van der Waals surface area (Å²) < 4.78 is 4.53. The van der Waals surface area contributed by atoms with Crippen molar-refractivity contribution >= 4 is 10.9 Å². The molecule has 1 aliphatic rings. The van der Waals surface area contributed by atoms with Crippen LogP contribution >= 0.6 is 0 Å². The van der Waals surface area contributed by atoms with Crippen LogP contribution in [0.5, 0.6) is 0 Å². The molecule has 0 saturated heterocycles. The van der Waals surface area contributed by atoms with Gasteiger partial charge in [0.25, 0.3) is 0 Å². The van der Waals surface area contributed by atoms with Gasteiger partial charge >= 0.3 is 0 Å². The Morgan fingerprint density at radius 2 is 2.04 bits per heavy atom. The second-order valence-corrected chi connectivity index (χ2v) is 6.32. The van der Waals surface area contributed by atoms with Gasteiger partial charge in [0.15, 0.2) is 0 Å². The highest BCUT2D eigenvalue weighted by molar-refractivity contribution is 5.79. The summed E-state index contributed by atoms with van der Waals surface area (Å²) in [4.78, 5) is 4.26. The molecule has 0 fully saturated rings. The van der Waals surface area contributed by atoms with E-state index < -0.39 is 0 Å². The smallest absolute Gasteiger partial charge is 0.0952 e. The van der Waals surface area contributed by atoms with Gasteiger partial charge < -0.3 is 9.13 Å². The number of para-hydroxylation sites is 1. The minimum Gasteiger partial charge on any atom is -0.345 e. The number of nitrogens with zero attached hydrogens (tertiary/aromatic N) is 3. The summed E-state index contributed by atoms with van der Waals surface area (Å²) in [5.41, 5.74) is 2.59. The Morgan fingerprint density at radius 1 is 1.12 bits per heavy atom. The predicted octanol–water partition coefficient (Wildman–Crippen LogP) is 4.77. The van der Waals surface area contributed by atoms with Gasteiger partial charge in [0, 0.05) is 30.7 Å². The molecular weight excluding hydrogens is 294 g/mol. The molecule has 0 N–H and O–H groups in total. The summed E-state index contributed by atoms with van der Waals surface area (Å²) in [5, 5.41) is 1.28. The molecule has 0 aliphatic heterocycles. The van der Waals surface area contributed by atoms with Gasteiger partial charge in [-0.2, -0.15) is 0 Å². The monoisotopic (exact) mass is 315 g/mol. The molecule has 0 radical (unpaired) electrons. The highest BCUT2D eigenvalue weighted by atomic mass is 15.1. The number of hydrogen-bond donors (Lipinski definition) is 0. The average Bonchev–Trinajstić information content (AvgIpc) is 3.21. The standard InChI is InChI=1S/C21H21N3/c1-17-6-2-3-8-19(14-17)21(24-13-11-22-16-24)15-23-12-10-18-7-4-5-9-20(18)23/h2-14,16-17,21H,15H2,1H3. The predicted molar refractivity (Wildman–Crippen MR) is 98.7 cm³/mol. The zero-order chi connectivity index (χ0) is 16.4. The van der Waals surface area contributed by atoms with Gasteiger partial charge in [0.1, 0.15) is 0 Å². The SMILES string of the molecule is CC1C=CC=CC(C(Cn2ccc3ccccc32)n2ccnc2)=C1. The van der Waals surface area contributed by atoms with E-state index in [2.05, 4.69) is 88.0 Å². The Morgan fingerprint density at radius 3 is 2.92 bits per heavy atom. The Bertz CT molecular complexity index is 910. The summed E-state index contributed by atoms with van der Waals surface area (Å²) in [6, 6.07) is 10.9. The molecule has 24 heavy (non-hydrogen) atoms. The van der Waals surface area contributed by atoms with Gasteiger partial charge in [0.05, 0.1) is 12.4 Å². The molecule has 4 rings (SSSR count). The van der Waals surface area contributed by atoms with E-state index in [-0.39, 0.29) is 6.04 Å². The van der Waals surface area contributed by atoms with Crippen LogP contribution in [0.2, 0.25) is 0 Å². The number of rotatable bonds is 4. The normalized spacial score (nSPS) is 18.5. The highest BCUT2D eigenvalue weighted by Crippen LogP contribution is 2.27. The molecule has 0 saturated carbocycles. The molecule has 0 amide bonds. The van der Waals surface area contributed by atoms with E-state index in [0.717, 1.165) is 6.54 Å². The van der Waals surface area contributed by atoms with Crippen LogP contribution in [0.1, 0.15) is 13.0 Å². The maximum Gasteiger partial charge on any atom is 0.0952 e. The second-order valence-electron chi connectivity index (χ2n) is 6.32. The largest absolute Gasteiger partial charge is 0.345 e. The van der Waals surface area contributed by atoms with Gasteiger partial charge in [-0.25, -0.2) is 4.98 Å². The van der Waals surface area contributed by atoms with Crippen LogP contribution < -0.4 is 0 Å². The third-order valence-corrected chi connectivity index (χ3v) is 4.59. The second kappa shape index (κ2) is 6.36. The molecular formula is C21H21N3. The number of imidazole rings is 1. The van der Waals surface area contributed by atoms with Gasteiger partial charge in [-0.05, 0) is 29.0 Å².